The Morgan fingerprint density at radius 1 is 1.00 bits per heavy atom. The highest BCUT2D eigenvalue weighted by Gasteiger charge is 2.12. The number of carbonyl (C=O) groups excluding carboxylic acids is 1. The van der Waals surface area contributed by atoms with Gasteiger partial charge in [0.2, 0.25) is 0 Å². The summed E-state index contributed by atoms with van der Waals surface area (Å²) in [6.45, 7) is 5.07. The number of benzene rings is 2. The maximum atomic E-state index is 11.4. The molecule has 36 heavy (non-hydrogen) atoms. The summed E-state index contributed by atoms with van der Waals surface area (Å²) in [5, 5.41) is 4.47. The van der Waals surface area contributed by atoms with Gasteiger partial charge in [-0.2, -0.15) is 0 Å². The number of esters is 1. The number of unbranched alkanes of at least 4 members (excludes halogenated alkanes) is 3. The molecule has 0 aliphatic heterocycles. The van der Waals surface area contributed by atoms with Crippen molar-refractivity contribution in [1.29, 1.82) is 0 Å². The smallest absolute Gasteiger partial charge is 0.305 e. The molecule has 7 nitrogen and oxygen atoms in total. The number of ether oxygens (including phenoxy) is 2. The molecule has 0 spiro atoms. The van der Waals surface area contributed by atoms with E-state index >= 15 is 0 Å². The van der Waals surface area contributed by atoms with Gasteiger partial charge in [-0.05, 0) is 68.1 Å². The van der Waals surface area contributed by atoms with Crippen LogP contribution in [0.2, 0.25) is 0 Å². The van der Waals surface area contributed by atoms with Gasteiger partial charge in [-0.15, -0.1) is 0 Å². The second-order valence-electron chi connectivity index (χ2n) is 8.79. The molecule has 4 rings (SSSR count). The molecular weight excluding hydrogens is 452 g/mol. The third-order valence-corrected chi connectivity index (χ3v) is 6.09. The van der Waals surface area contributed by atoms with Crippen molar-refractivity contribution >= 4 is 22.8 Å². The molecule has 2 aromatic heterocycles. The molecule has 0 radical (unpaired) electrons. The zero-order chi connectivity index (χ0) is 25.2. The van der Waals surface area contributed by atoms with E-state index in [9.17, 15) is 4.79 Å². The highest BCUT2D eigenvalue weighted by atomic mass is 16.5. The molecule has 7 heteroatoms. The number of anilines is 1. The number of nitrogens with zero attached hydrogens (tertiary/aromatic N) is 2. The first-order chi connectivity index (χ1) is 17.6. The van der Waals surface area contributed by atoms with E-state index in [1.807, 2.05) is 49.4 Å². The lowest BCUT2D eigenvalue weighted by Gasteiger charge is -2.15. The highest BCUT2D eigenvalue weighted by Crippen LogP contribution is 2.29. The van der Waals surface area contributed by atoms with Crippen LogP contribution in [0.15, 0.2) is 67.0 Å². The molecule has 0 bridgehead atoms. The number of carbonyl (C=O) groups is 1. The topological polar surface area (TPSA) is 89.1 Å². The number of rotatable bonds is 13. The molecule has 0 unspecified atom stereocenters. The highest BCUT2D eigenvalue weighted by molar-refractivity contribution is 5.91. The minimum absolute atomic E-state index is 0.106. The molecule has 0 amide bonds. The SMILES string of the molecule is CCOC(=O)CCCCCCOc1ccc(-c2cc3c(N[C@H](C)c4ccccc4)ncnc3[nH]2)cc1. The van der Waals surface area contributed by atoms with E-state index in [2.05, 4.69) is 45.4 Å². The van der Waals surface area contributed by atoms with Crippen LogP contribution in [0.4, 0.5) is 5.82 Å². The number of nitrogens with one attached hydrogen (secondary N) is 2. The standard InChI is InChI=1S/C29H34N4O3/c1-3-35-27(34)13-9-4-5-10-18-36-24-16-14-23(15-17-24)26-19-25-28(30-20-31-29(25)33-26)32-21(2)22-11-7-6-8-12-22/h6-8,11-12,14-17,19-21H,3-5,9-10,13,18H2,1-2H3,(H2,30,31,32,33)/t21-/m1/s1. The van der Waals surface area contributed by atoms with Crippen molar-refractivity contribution < 1.29 is 14.3 Å². The average molecular weight is 487 g/mol. The lowest BCUT2D eigenvalue weighted by molar-refractivity contribution is -0.143. The Labute approximate surface area is 212 Å². The second kappa shape index (κ2) is 12.7. The van der Waals surface area contributed by atoms with E-state index in [1.165, 1.54) is 5.56 Å². The van der Waals surface area contributed by atoms with Crippen molar-refractivity contribution in [1.82, 2.24) is 15.0 Å². The molecule has 4 aromatic rings. The number of H-pyrrole nitrogens is 1. The van der Waals surface area contributed by atoms with Crippen molar-refractivity contribution in [2.45, 2.75) is 52.0 Å². The molecule has 2 aromatic carbocycles. The first-order valence-electron chi connectivity index (χ1n) is 12.7. The molecule has 0 fully saturated rings. The Bertz CT molecular complexity index is 1240. The average Bonchev–Trinajstić information content (AvgIpc) is 3.35. The summed E-state index contributed by atoms with van der Waals surface area (Å²) >= 11 is 0. The summed E-state index contributed by atoms with van der Waals surface area (Å²) in [6, 6.07) is 20.6. The van der Waals surface area contributed by atoms with Gasteiger partial charge in [-0.25, -0.2) is 9.97 Å². The normalized spacial score (nSPS) is 11.8. The summed E-state index contributed by atoms with van der Waals surface area (Å²) in [7, 11) is 0. The largest absolute Gasteiger partial charge is 0.494 e. The summed E-state index contributed by atoms with van der Waals surface area (Å²) < 4.78 is 10.8. The molecule has 2 N–H and O–H groups in total. The van der Waals surface area contributed by atoms with Gasteiger partial charge in [0.25, 0.3) is 0 Å². The molecule has 2 heterocycles. The van der Waals surface area contributed by atoms with E-state index in [1.54, 1.807) is 6.33 Å². The Balaban J connectivity index is 1.30. The summed E-state index contributed by atoms with van der Waals surface area (Å²) in [5.41, 5.74) is 4.04. The fraction of sp³-hybridized carbons (Fsp3) is 0.345. The van der Waals surface area contributed by atoms with Crippen molar-refractivity contribution in [2.75, 3.05) is 18.5 Å². The quantitative estimate of drug-likeness (QED) is 0.162. The maximum absolute atomic E-state index is 11.4. The fourth-order valence-electron chi connectivity index (χ4n) is 4.12. The van der Waals surface area contributed by atoms with Gasteiger partial charge in [0, 0.05) is 18.2 Å². The predicted molar refractivity (Wildman–Crippen MR) is 143 cm³/mol. The Morgan fingerprint density at radius 2 is 1.78 bits per heavy atom. The summed E-state index contributed by atoms with van der Waals surface area (Å²) in [5.74, 6) is 1.55. The Hall–Kier alpha value is -3.87. The number of aromatic nitrogens is 3. The van der Waals surface area contributed by atoms with Gasteiger partial charge in [0.05, 0.1) is 18.6 Å². The number of hydrogen-bond donors (Lipinski definition) is 2. The van der Waals surface area contributed by atoms with Crippen LogP contribution >= 0.6 is 0 Å². The van der Waals surface area contributed by atoms with Gasteiger partial charge in [0.1, 0.15) is 23.5 Å². The van der Waals surface area contributed by atoms with E-state index in [0.717, 1.165) is 59.5 Å². The minimum Gasteiger partial charge on any atom is -0.494 e. The Morgan fingerprint density at radius 3 is 2.56 bits per heavy atom. The van der Waals surface area contributed by atoms with E-state index in [0.29, 0.717) is 19.6 Å². The number of aromatic amines is 1. The van der Waals surface area contributed by atoms with Crippen LogP contribution in [0.1, 0.15) is 57.6 Å². The van der Waals surface area contributed by atoms with Crippen molar-refractivity contribution in [3.05, 3.63) is 72.6 Å². The number of hydrogen-bond acceptors (Lipinski definition) is 6. The summed E-state index contributed by atoms with van der Waals surface area (Å²) in [4.78, 5) is 23.7. The van der Waals surface area contributed by atoms with Crippen molar-refractivity contribution in [2.24, 2.45) is 0 Å². The van der Waals surface area contributed by atoms with Crippen LogP contribution in [0, 0.1) is 0 Å². The van der Waals surface area contributed by atoms with Gasteiger partial charge < -0.3 is 19.8 Å². The van der Waals surface area contributed by atoms with Crippen LogP contribution in [-0.4, -0.2) is 34.1 Å². The second-order valence-corrected chi connectivity index (χ2v) is 8.79. The fourth-order valence-corrected chi connectivity index (χ4v) is 4.12. The first kappa shape index (κ1) is 25.2. The molecule has 1 atom stereocenters. The molecule has 0 aliphatic carbocycles. The van der Waals surface area contributed by atoms with Gasteiger partial charge in [-0.3, -0.25) is 4.79 Å². The zero-order valence-corrected chi connectivity index (χ0v) is 21.0. The lowest BCUT2D eigenvalue weighted by atomic mass is 10.1. The monoisotopic (exact) mass is 486 g/mol. The van der Waals surface area contributed by atoms with Crippen LogP contribution in [-0.2, 0) is 9.53 Å². The third kappa shape index (κ3) is 6.84. The van der Waals surface area contributed by atoms with Gasteiger partial charge in [-0.1, -0.05) is 43.2 Å². The van der Waals surface area contributed by atoms with E-state index < -0.39 is 0 Å². The third-order valence-electron chi connectivity index (χ3n) is 6.09. The van der Waals surface area contributed by atoms with Gasteiger partial charge in [0.15, 0.2) is 0 Å². The minimum atomic E-state index is -0.106. The zero-order valence-electron chi connectivity index (χ0n) is 21.0. The molecule has 0 saturated heterocycles. The van der Waals surface area contributed by atoms with Crippen molar-refractivity contribution in [3.8, 4) is 17.0 Å². The molecule has 188 valence electrons. The lowest BCUT2D eigenvalue weighted by Crippen LogP contribution is -2.08. The van der Waals surface area contributed by atoms with Crippen LogP contribution in [0.5, 0.6) is 5.75 Å². The van der Waals surface area contributed by atoms with Crippen LogP contribution < -0.4 is 10.1 Å². The van der Waals surface area contributed by atoms with E-state index in [-0.39, 0.29) is 12.0 Å². The van der Waals surface area contributed by atoms with Crippen molar-refractivity contribution in [3.63, 3.8) is 0 Å². The summed E-state index contributed by atoms with van der Waals surface area (Å²) in [6.07, 6.45) is 5.95. The van der Waals surface area contributed by atoms with E-state index in [4.69, 9.17) is 9.47 Å². The first-order valence-corrected chi connectivity index (χ1v) is 12.7. The molecule has 0 aliphatic rings. The van der Waals surface area contributed by atoms with Crippen LogP contribution in [0.3, 0.4) is 0 Å². The molecule has 0 saturated carbocycles. The number of fused-ring (bicyclic) bond motifs is 1. The predicted octanol–water partition coefficient (Wildman–Crippen LogP) is 6.69. The van der Waals surface area contributed by atoms with Crippen LogP contribution in [0.25, 0.3) is 22.3 Å². The van der Waals surface area contributed by atoms with Gasteiger partial charge >= 0.3 is 5.97 Å². The maximum Gasteiger partial charge on any atom is 0.305 e. The molecular formula is C29H34N4O3. The Kier molecular flexibility index (Phi) is 8.92.